The van der Waals surface area contributed by atoms with Crippen molar-refractivity contribution >= 4 is 5.97 Å². The smallest absolute Gasteiger partial charge is 0.306 e. The minimum Gasteiger partial charge on any atom is -0.481 e. The molecule has 20 heavy (non-hydrogen) atoms. The lowest BCUT2D eigenvalue weighted by Gasteiger charge is -2.49. The van der Waals surface area contributed by atoms with E-state index in [1.165, 1.54) is 25.8 Å². The van der Waals surface area contributed by atoms with Gasteiger partial charge in [0.1, 0.15) is 0 Å². The van der Waals surface area contributed by atoms with Crippen LogP contribution in [0.25, 0.3) is 0 Å². The fourth-order valence-electron chi connectivity index (χ4n) is 3.52. The zero-order chi connectivity index (χ0) is 15.3. The van der Waals surface area contributed by atoms with Crippen molar-refractivity contribution in [3.8, 4) is 0 Å². The topological polar surface area (TPSA) is 40.5 Å². The number of hydrogen-bond donors (Lipinski definition) is 1. The van der Waals surface area contributed by atoms with Crippen LogP contribution in [0.5, 0.6) is 0 Å². The van der Waals surface area contributed by atoms with Crippen LogP contribution in [0.2, 0.25) is 0 Å². The molecule has 1 aliphatic rings. The van der Waals surface area contributed by atoms with E-state index in [0.717, 1.165) is 25.2 Å². The molecule has 0 amide bonds. The summed E-state index contributed by atoms with van der Waals surface area (Å²) in [5.74, 6) is 0.747. The highest BCUT2D eigenvalue weighted by Crippen LogP contribution is 2.38. The molecule has 1 heterocycles. The van der Waals surface area contributed by atoms with E-state index in [1.54, 1.807) is 0 Å². The third kappa shape index (κ3) is 4.21. The molecular formula is C17H33NO2. The molecule has 3 unspecified atom stereocenters. The molecule has 0 radical (unpaired) electrons. The largest absolute Gasteiger partial charge is 0.481 e. The van der Waals surface area contributed by atoms with E-state index < -0.39 is 5.97 Å². The molecule has 1 aliphatic heterocycles. The van der Waals surface area contributed by atoms with E-state index >= 15 is 0 Å². The molecule has 0 aliphatic carbocycles. The molecular weight excluding hydrogens is 250 g/mol. The van der Waals surface area contributed by atoms with Crippen LogP contribution in [0, 0.1) is 17.8 Å². The first-order valence-corrected chi connectivity index (χ1v) is 8.24. The van der Waals surface area contributed by atoms with Crippen molar-refractivity contribution in [2.45, 2.75) is 71.8 Å². The third-order valence-corrected chi connectivity index (χ3v) is 5.86. The molecule has 118 valence electrons. The van der Waals surface area contributed by atoms with Gasteiger partial charge in [-0.1, -0.05) is 33.1 Å². The lowest BCUT2D eigenvalue weighted by Crippen LogP contribution is -2.53. The van der Waals surface area contributed by atoms with Gasteiger partial charge in [-0.3, -0.25) is 4.79 Å². The van der Waals surface area contributed by atoms with E-state index in [4.69, 9.17) is 5.11 Å². The van der Waals surface area contributed by atoms with E-state index in [9.17, 15) is 4.79 Å². The fourth-order valence-corrected chi connectivity index (χ4v) is 3.52. The quantitative estimate of drug-likeness (QED) is 0.717. The Morgan fingerprint density at radius 2 is 2.05 bits per heavy atom. The highest BCUT2D eigenvalue weighted by Gasteiger charge is 2.38. The zero-order valence-electron chi connectivity index (χ0n) is 14.0. The number of rotatable bonds is 7. The molecule has 0 saturated carbocycles. The van der Waals surface area contributed by atoms with Gasteiger partial charge >= 0.3 is 5.97 Å². The Morgan fingerprint density at radius 3 is 2.60 bits per heavy atom. The third-order valence-electron chi connectivity index (χ3n) is 5.86. The Hall–Kier alpha value is -0.570. The summed E-state index contributed by atoms with van der Waals surface area (Å²) in [6, 6.07) is 0. The predicted octanol–water partition coefficient (Wildman–Crippen LogP) is 4.02. The van der Waals surface area contributed by atoms with Gasteiger partial charge in [0, 0.05) is 5.54 Å². The summed E-state index contributed by atoms with van der Waals surface area (Å²) >= 11 is 0. The molecule has 0 aromatic rings. The number of hydrogen-bond acceptors (Lipinski definition) is 2. The monoisotopic (exact) mass is 283 g/mol. The molecule has 1 N–H and O–H groups in total. The minimum atomic E-state index is -0.624. The summed E-state index contributed by atoms with van der Waals surface area (Å²) in [5.41, 5.74) is 0.288. The van der Waals surface area contributed by atoms with Crippen molar-refractivity contribution in [3.05, 3.63) is 0 Å². The number of carboxylic acids is 1. The van der Waals surface area contributed by atoms with Crippen LogP contribution < -0.4 is 0 Å². The van der Waals surface area contributed by atoms with Gasteiger partial charge in [0.15, 0.2) is 0 Å². The van der Waals surface area contributed by atoms with Crippen LogP contribution in [0.15, 0.2) is 0 Å². The number of aliphatic carboxylic acids is 1. The molecule has 1 saturated heterocycles. The number of piperidine rings is 1. The lowest BCUT2D eigenvalue weighted by atomic mass is 9.71. The first kappa shape index (κ1) is 17.5. The fraction of sp³-hybridized carbons (Fsp3) is 0.941. The molecule has 3 nitrogen and oxygen atoms in total. The molecule has 1 fully saturated rings. The van der Waals surface area contributed by atoms with Crippen LogP contribution in [0.4, 0.5) is 0 Å². The van der Waals surface area contributed by atoms with Crippen LogP contribution in [-0.2, 0) is 4.79 Å². The van der Waals surface area contributed by atoms with Gasteiger partial charge in [-0.15, -0.1) is 0 Å². The summed E-state index contributed by atoms with van der Waals surface area (Å²) in [7, 11) is 2.23. The van der Waals surface area contributed by atoms with E-state index in [2.05, 4.69) is 32.7 Å². The first-order chi connectivity index (χ1) is 9.30. The lowest BCUT2D eigenvalue weighted by molar-refractivity contribution is -0.142. The predicted molar refractivity (Wildman–Crippen MR) is 83.9 cm³/mol. The minimum absolute atomic E-state index is 0.138. The van der Waals surface area contributed by atoms with Gasteiger partial charge < -0.3 is 10.0 Å². The Bertz CT molecular complexity index is 314. The van der Waals surface area contributed by atoms with Crippen molar-refractivity contribution in [1.29, 1.82) is 0 Å². The number of nitrogens with zero attached hydrogens (tertiary/aromatic N) is 1. The van der Waals surface area contributed by atoms with Crippen LogP contribution in [-0.4, -0.2) is 35.1 Å². The van der Waals surface area contributed by atoms with Crippen LogP contribution in [0.3, 0.4) is 0 Å². The Kier molecular flexibility index (Phi) is 6.50. The van der Waals surface area contributed by atoms with Crippen molar-refractivity contribution in [2.24, 2.45) is 17.8 Å². The van der Waals surface area contributed by atoms with Gasteiger partial charge in [0.05, 0.1) is 5.92 Å². The van der Waals surface area contributed by atoms with Crippen LogP contribution >= 0.6 is 0 Å². The number of unbranched alkanes of at least 4 members (excludes halogenated alkanes) is 1. The summed E-state index contributed by atoms with van der Waals surface area (Å²) in [6.07, 6.45) is 6.39. The molecule has 1 rings (SSSR count). The number of carbonyl (C=O) groups is 1. The summed E-state index contributed by atoms with van der Waals surface area (Å²) < 4.78 is 0. The van der Waals surface area contributed by atoms with Crippen molar-refractivity contribution in [3.63, 3.8) is 0 Å². The maximum Gasteiger partial charge on any atom is 0.306 e. The second-order valence-electron chi connectivity index (χ2n) is 7.14. The Morgan fingerprint density at radius 1 is 1.40 bits per heavy atom. The van der Waals surface area contributed by atoms with Gasteiger partial charge in [0.2, 0.25) is 0 Å². The normalized spacial score (nSPS) is 28.2. The SMILES string of the molecule is CCC(CCCCC1CCN(C)C(C)(C)C1C)C(=O)O. The summed E-state index contributed by atoms with van der Waals surface area (Å²) in [4.78, 5) is 13.5. The Labute approximate surface area is 124 Å². The molecule has 3 heteroatoms. The maximum atomic E-state index is 11.0. The molecule has 0 aromatic carbocycles. The van der Waals surface area contributed by atoms with Gasteiger partial charge in [0.25, 0.3) is 0 Å². The van der Waals surface area contributed by atoms with Crippen molar-refractivity contribution in [1.82, 2.24) is 4.90 Å². The average Bonchev–Trinajstić information content (AvgIpc) is 2.38. The van der Waals surface area contributed by atoms with E-state index in [-0.39, 0.29) is 11.5 Å². The molecule has 3 atom stereocenters. The highest BCUT2D eigenvalue weighted by molar-refractivity contribution is 5.69. The second-order valence-corrected chi connectivity index (χ2v) is 7.14. The number of likely N-dealkylation sites (tertiary alicyclic amines) is 1. The van der Waals surface area contributed by atoms with E-state index in [0.29, 0.717) is 5.92 Å². The van der Waals surface area contributed by atoms with Gasteiger partial charge in [-0.2, -0.15) is 0 Å². The van der Waals surface area contributed by atoms with Crippen molar-refractivity contribution in [2.75, 3.05) is 13.6 Å². The second kappa shape index (κ2) is 7.44. The first-order valence-electron chi connectivity index (χ1n) is 8.24. The maximum absolute atomic E-state index is 11.0. The van der Waals surface area contributed by atoms with Gasteiger partial charge in [-0.05, 0) is 58.5 Å². The summed E-state index contributed by atoms with van der Waals surface area (Å²) in [6.45, 7) is 10.2. The van der Waals surface area contributed by atoms with Gasteiger partial charge in [-0.25, -0.2) is 0 Å². The van der Waals surface area contributed by atoms with E-state index in [1.807, 2.05) is 6.92 Å². The average molecular weight is 283 g/mol. The number of carboxylic acid groups (broad SMARTS) is 1. The standard InChI is InChI=1S/C17H33NO2/c1-6-14(16(19)20)9-7-8-10-15-11-12-18(5)17(3,4)13(15)2/h13-15H,6-12H2,1-5H3,(H,19,20). The van der Waals surface area contributed by atoms with Crippen molar-refractivity contribution < 1.29 is 9.90 Å². The Balaban J connectivity index is 2.34. The molecule has 0 bridgehead atoms. The molecule has 0 aromatic heterocycles. The molecule has 0 spiro atoms. The highest BCUT2D eigenvalue weighted by atomic mass is 16.4. The summed E-state index contributed by atoms with van der Waals surface area (Å²) in [5, 5.41) is 9.06. The van der Waals surface area contributed by atoms with Crippen LogP contribution in [0.1, 0.15) is 66.2 Å². The zero-order valence-corrected chi connectivity index (χ0v) is 14.0.